The molecule has 28 heavy (non-hydrogen) atoms. The largest absolute Gasteiger partial charge is 0.450 e. The number of aryl methyl sites for hydroxylation is 1. The number of likely N-dealkylation sites (tertiary alicyclic amines) is 1. The van der Waals surface area contributed by atoms with Crippen LogP contribution in [0.5, 0.6) is 0 Å². The molecule has 1 aliphatic rings. The van der Waals surface area contributed by atoms with E-state index in [-0.39, 0.29) is 30.3 Å². The van der Waals surface area contributed by atoms with Crippen LogP contribution in [0.25, 0.3) is 11.3 Å². The molecule has 0 spiro atoms. The average molecular weight is 389 g/mol. The highest BCUT2D eigenvalue weighted by Crippen LogP contribution is 2.23. The fourth-order valence-electron chi connectivity index (χ4n) is 3.15. The van der Waals surface area contributed by atoms with Gasteiger partial charge in [0, 0.05) is 32.0 Å². The Hall–Kier alpha value is -2.90. The van der Waals surface area contributed by atoms with Gasteiger partial charge in [-0.05, 0) is 31.9 Å². The van der Waals surface area contributed by atoms with Gasteiger partial charge in [0.05, 0.1) is 18.4 Å². The molecule has 2 aromatic rings. The van der Waals surface area contributed by atoms with Gasteiger partial charge in [0.15, 0.2) is 11.7 Å². The summed E-state index contributed by atoms with van der Waals surface area (Å²) in [5.41, 5.74) is 0.346. The standard InChI is InChI=1S/C20H24FN3O4/c1-2-27-20(26)24-11-9-14(10-12-24)23-18(25)7-8-19-22-13-17(28-19)15-5-3-4-6-16(15)21/h3-6,13-14H,2,7-12H2,1H3,(H,23,25). The molecule has 150 valence electrons. The van der Waals surface area contributed by atoms with Crippen molar-refractivity contribution in [1.82, 2.24) is 15.2 Å². The van der Waals surface area contributed by atoms with E-state index in [1.165, 1.54) is 12.3 Å². The number of hydrogen-bond acceptors (Lipinski definition) is 5. The van der Waals surface area contributed by atoms with E-state index >= 15 is 0 Å². The van der Waals surface area contributed by atoms with Gasteiger partial charge in [-0.2, -0.15) is 0 Å². The lowest BCUT2D eigenvalue weighted by molar-refractivity contribution is -0.122. The minimum absolute atomic E-state index is 0.0386. The van der Waals surface area contributed by atoms with Crippen molar-refractivity contribution in [1.29, 1.82) is 0 Å². The number of carbonyl (C=O) groups is 2. The van der Waals surface area contributed by atoms with Crippen molar-refractivity contribution < 1.29 is 23.1 Å². The number of piperidine rings is 1. The molecule has 2 heterocycles. The lowest BCUT2D eigenvalue weighted by Crippen LogP contribution is -2.46. The summed E-state index contributed by atoms with van der Waals surface area (Å²) in [6.07, 6.45) is 3.12. The van der Waals surface area contributed by atoms with Crippen LogP contribution in [0.15, 0.2) is 34.9 Å². The SMILES string of the molecule is CCOC(=O)N1CCC(NC(=O)CCc2ncc(-c3ccccc3F)o2)CC1. The average Bonchev–Trinajstić information content (AvgIpc) is 3.16. The third-order valence-electron chi connectivity index (χ3n) is 4.64. The Kier molecular flexibility index (Phi) is 6.62. The smallest absolute Gasteiger partial charge is 0.409 e. The number of nitrogens with zero attached hydrogens (tertiary/aromatic N) is 2. The van der Waals surface area contributed by atoms with Crippen LogP contribution in [-0.2, 0) is 16.0 Å². The van der Waals surface area contributed by atoms with E-state index in [2.05, 4.69) is 10.3 Å². The lowest BCUT2D eigenvalue weighted by Gasteiger charge is -2.31. The summed E-state index contributed by atoms with van der Waals surface area (Å²) in [4.78, 5) is 29.7. The minimum atomic E-state index is -0.378. The van der Waals surface area contributed by atoms with Gasteiger partial charge in [-0.3, -0.25) is 4.79 Å². The molecular weight excluding hydrogens is 365 g/mol. The first-order valence-corrected chi connectivity index (χ1v) is 9.47. The molecule has 1 N–H and O–H groups in total. The molecule has 0 aliphatic carbocycles. The van der Waals surface area contributed by atoms with Gasteiger partial charge in [-0.15, -0.1) is 0 Å². The Morgan fingerprint density at radius 2 is 2.07 bits per heavy atom. The van der Waals surface area contributed by atoms with Gasteiger partial charge in [0.1, 0.15) is 5.82 Å². The van der Waals surface area contributed by atoms with Crippen molar-refractivity contribution in [3.05, 3.63) is 42.2 Å². The molecule has 1 aromatic heterocycles. The quantitative estimate of drug-likeness (QED) is 0.820. The van der Waals surface area contributed by atoms with Crippen LogP contribution in [0.4, 0.5) is 9.18 Å². The summed E-state index contributed by atoms with van der Waals surface area (Å²) in [5.74, 6) is 0.266. The molecule has 0 radical (unpaired) electrons. The van der Waals surface area contributed by atoms with Crippen molar-refractivity contribution in [2.45, 2.75) is 38.6 Å². The van der Waals surface area contributed by atoms with E-state index in [9.17, 15) is 14.0 Å². The molecule has 0 unspecified atom stereocenters. The van der Waals surface area contributed by atoms with Crippen molar-refractivity contribution >= 4 is 12.0 Å². The van der Waals surface area contributed by atoms with Gasteiger partial charge >= 0.3 is 6.09 Å². The number of ether oxygens (including phenoxy) is 1. The molecule has 1 aromatic carbocycles. The molecule has 7 nitrogen and oxygen atoms in total. The maximum Gasteiger partial charge on any atom is 0.409 e. The van der Waals surface area contributed by atoms with Gasteiger partial charge in [0.2, 0.25) is 5.91 Å². The highest BCUT2D eigenvalue weighted by molar-refractivity contribution is 5.76. The van der Waals surface area contributed by atoms with Crippen LogP contribution in [-0.4, -0.2) is 47.6 Å². The molecule has 2 amide bonds. The fraction of sp³-hybridized carbons (Fsp3) is 0.450. The van der Waals surface area contributed by atoms with Gasteiger partial charge < -0.3 is 19.4 Å². The Morgan fingerprint density at radius 3 is 2.79 bits per heavy atom. The molecule has 1 aliphatic heterocycles. The van der Waals surface area contributed by atoms with Gasteiger partial charge in [-0.1, -0.05) is 12.1 Å². The molecule has 0 atom stereocenters. The monoisotopic (exact) mass is 389 g/mol. The Morgan fingerprint density at radius 1 is 1.32 bits per heavy atom. The summed E-state index contributed by atoms with van der Waals surface area (Å²) in [5, 5.41) is 2.98. The summed E-state index contributed by atoms with van der Waals surface area (Å²) in [6, 6.07) is 6.35. The number of oxazole rings is 1. The molecule has 0 saturated carbocycles. The van der Waals surface area contributed by atoms with Crippen molar-refractivity contribution in [2.24, 2.45) is 0 Å². The topological polar surface area (TPSA) is 84.7 Å². The van der Waals surface area contributed by atoms with Crippen LogP contribution >= 0.6 is 0 Å². The summed E-state index contributed by atoms with van der Waals surface area (Å²) in [7, 11) is 0. The van der Waals surface area contributed by atoms with Crippen molar-refractivity contribution in [2.75, 3.05) is 19.7 Å². The van der Waals surface area contributed by atoms with E-state index in [1.54, 1.807) is 30.0 Å². The lowest BCUT2D eigenvalue weighted by atomic mass is 10.1. The van der Waals surface area contributed by atoms with Crippen LogP contribution < -0.4 is 5.32 Å². The highest BCUT2D eigenvalue weighted by atomic mass is 19.1. The number of rotatable bonds is 6. The first-order valence-electron chi connectivity index (χ1n) is 9.47. The van der Waals surface area contributed by atoms with Crippen molar-refractivity contribution in [3.63, 3.8) is 0 Å². The van der Waals surface area contributed by atoms with Crippen LogP contribution in [0, 0.1) is 5.82 Å². The highest BCUT2D eigenvalue weighted by Gasteiger charge is 2.24. The van der Waals surface area contributed by atoms with E-state index in [1.807, 2.05) is 0 Å². The summed E-state index contributed by atoms with van der Waals surface area (Å²) >= 11 is 0. The number of amides is 2. The van der Waals surface area contributed by atoms with Crippen LogP contribution in [0.1, 0.15) is 32.1 Å². The molecule has 1 fully saturated rings. The van der Waals surface area contributed by atoms with Gasteiger partial charge in [0.25, 0.3) is 0 Å². The maximum absolute atomic E-state index is 13.8. The fourth-order valence-corrected chi connectivity index (χ4v) is 3.15. The summed E-state index contributed by atoms with van der Waals surface area (Å²) < 4.78 is 24.3. The predicted octanol–water partition coefficient (Wildman–Crippen LogP) is 3.15. The van der Waals surface area contributed by atoms with Crippen LogP contribution in [0.2, 0.25) is 0 Å². The van der Waals surface area contributed by atoms with E-state index in [0.717, 1.165) is 0 Å². The van der Waals surface area contributed by atoms with E-state index in [0.29, 0.717) is 56.2 Å². The molecular formula is C20H24FN3O4. The number of carbonyl (C=O) groups excluding carboxylic acids is 2. The maximum atomic E-state index is 13.8. The number of nitrogens with one attached hydrogen (secondary N) is 1. The van der Waals surface area contributed by atoms with Gasteiger partial charge in [-0.25, -0.2) is 14.2 Å². The number of hydrogen-bond donors (Lipinski definition) is 1. The second-order valence-electron chi connectivity index (χ2n) is 6.63. The first kappa shape index (κ1) is 19.9. The molecule has 8 heteroatoms. The molecule has 0 bridgehead atoms. The zero-order valence-electron chi connectivity index (χ0n) is 15.8. The molecule has 1 saturated heterocycles. The first-order chi connectivity index (χ1) is 13.6. The van der Waals surface area contributed by atoms with Crippen molar-refractivity contribution in [3.8, 4) is 11.3 Å². The number of benzene rings is 1. The second-order valence-corrected chi connectivity index (χ2v) is 6.63. The van der Waals surface area contributed by atoms with E-state index < -0.39 is 0 Å². The van der Waals surface area contributed by atoms with Crippen LogP contribution in [0.3, 0.4) is 0 Å². The molecule has 3 rings (SSSR count). The Bertz CT molecular complexity index is 815. The van der Waals surface area contributed by atoms with E-state index in [4.69, 9.17) is 9.15 Å². The third kappa shape index (κ3) is 5.09. The minimum Gasteiger partial charge on any atom is -0.450 e. The summed E-state index contributed by atoms with van der Waals surface area (Å²) in [6.45, 7) is 3.26. The zero-order chi connectivity index (χ0) is 19.9. The number of aromatic nitrogens is 1. The Balaban J connectivity index is 1.43. The predicted molar refractivity (Wildman–Crippen MR) is 100.0 cm³/mol. The number of halogens is 1. The second kappa shape index (κ2) is 9.34. The normalized spacial score (nSPS) is 14.7. The zero-order valence-corrected chi connectivity index (χ0v) is 15.8. The Labute approximate surface area is 162 Å². The third-order valence-corrected chi connectivity index (χ3v) is 4.64.